The van der Waals surface area contributed by atoms with E-state index in [2.05, 4.69) is 10.3 Å². The molecule has 9 heteroatoms. The van der Waals surface area contributed by atoms with Gasteiger partial charge in [0.1, 0.15) is 17.3 Å². The Morgan fingerprint density at radius 2 is 1.68 bits per heavy atom. The number of imidazole rings is 1. The molecule has 0 atom stereocenters. The van der Waals surface area contributed by atoms with Crippen molar-refractivity contribution in [2.45, 2.75) is 6.54 Å². The van der Waals surface area contributed by atoms with Crippen LogP contribution in [0.15, 0.2) is 36.4 Å². The number of carbonyl (C=O) groups is 2. The molecular weight excluding hydrogens is 398 g/mol. The van der Waals surface area contributed by atoms with Gasteiger partial charge in [0.15, 0.2) is 0 Å². The van der Waals surface area contributed by atoms with E-state index in [0.29, 0.717) is 34.1 Å². The maximum absolute atomic E-state index is 12.7. The number of hydrogen-bond donors (Lipinski definition) is 1. The predicted octanol–water partition coefficient (Wildman–Crippen LogP) is 2.96. The van der Waals surface area contributed by atoms with E-state index < -0.39 is 0 Å². The number of amides is 3. The molecule has 0 saturated heterocycles. The van der Waals surface area contributed by atoms with Crippen molar-refractivity contribution in [3.8, 4) is 11.5 Å². The monoisotopic (exact) mass is 425 g/mol. The molecule has 0 radical (unpaired) electrons. The summed E-state index contributed by atoms with van der Waals surface area (Å²) in [4.78, 5) is 32.6. The summed E-state index contributed by atoms with van der Waals surface area (Å²) >= 11 is 0. The molecule has 0 unspecified atom stereocenters. The van der Waals surface area contributed by atoms with E-state index in [1.54, 1.807) is 65.7 Å². The quantitative estimate of drug-likeness (QED) is 0.656. The number of ether oxygens (including phenoxy) is 2. The number of nitrogens with one attached hydrogen (secondary N) is 1. The Kier molecular flexibility index (Phi) is 6.33. The lowest BCUT2D eigenvalue weighted by Gasteiger charge is -2.18. The number of rotatable bonds is 6. The summed E-state index contributed by atoms with van der Waals surface area (Å²) in [5.41, 5.74) is 2.72. The Balaban J connectivity index is 1.78. The number of urea groups is 1. The first-order chi connectivity index (χ1) is 14.7. The summed E-state index contributed by atoms with van der Waals surface area (Å²) in [5, 5.41) is 2.84. The van der Waals surface area contributed by atoms with E-state index in [1.165, 1.54) is 9.80 Å². The maximum atomic E-state index is 12.7. The summed E-state index contributed by atoms with van der Waals surface area (Å²) in [5.74, 6) is 1.77. The number of anilines is 1. The van der Waals surface area contributed by atoms with E-state index in [1.807, 2.05) is 17.7 Å². The van der Waals surface area contributed by atoms with E-state index >= 15 is 0 Å². The fourth-order valence-electron chi connectivity index (χ4n) is 3.16. The molecule has 9 nitrogen and oxygen atoms in total. The standard InChI is InChI=1S/C22H27N5O4/c1-25(2)21(28)14-7-8-19-18(9-14)24-20(27(19)4)13-26(3)22(29)23-15-10-16(30-5)12-17(11-15)31-6/h7-12H,13H2,1-6H3,(H,23,29). The van der Waals surface area contributed by atoms with Gasteiger partial charge in [-0.15, -0.1) is 0 Å². The van der Waals surface area contributed by atoms with Gasteiger partial charge in [-0.3, -0.25) is 4.79 Å². The molecule has 0 aliphatic rings. The van der Waals surface area contributed by atoms with Crippen LogP contribution in [0.3, 0.4) is 0 Å². The summed E-state index contributed by atoms with van der Waals surface area (Å²) in [6.45, 7) is 0.287. The predicted molar refractivity (Wildman–Crippen MR) is 119 cm³/mol. The molecule has 0 spiro atoms. The van der Waals surface area contributed by atoms with Crippen molar-refractivity contribution in [3.63, 3.8) is 0 Å². The number of aromatic nitrogens is 2. The highest BCUT2D eigenvalue weighted by molar-refractivity contribution is 5.97. The van der Waals surface area contributed by atoms with Gasteiger partial charge in [-0.05, 0) is 18.2 Å². The summed E-state index contributed by atoms with van der Waals surface area (Å²) in [6.07, 6.45) is 0. The molecule has 3 aromatic rings. The molecule has 1 N–H and O–H groups in total. The van der Waals surface area contributed by atoms with Crippen LogP contribution in [0, 0.1) is 0 Å². The fraction of sp³-hybridized carbons (Fsp3) is 0.318. The number of nitrogens with zero attached hydrogens (tertiary/aromatic N) is 4. The first kappa shape index (κ1) is 21.9. The van der Waals surface area contributed by atoms with E-state index in [-0.39, 0.29) is 18.5 Å². The minimum atomic E-state index is -0.300. The third-order valence-electron chi connectivity index (χ3n) is 4.95. The van der Waals surface area contributed by atoms with Crippen LogP contribution in [0.1, 0.15) is 16.2 Å². The summed E-state index contributed by atoms with van der Waals surface area (Å²) < 4.78 is 12.4. The molecule has 2 aromatic carbocycles. The number of benzene rings is 2. The van der Waals surface area contributed by atoms with Crippen LogP contribution < -0.4 is 14.8 Å². The lowest BCUT2D eigenvalue weighted by atomic mass is 10.2. The zero-order valence-corrected chi connectivity index (χ0v) is 18.6. The van der Waals surface area contributed by atoms with Gasteiger partial charge >= 0.3 is 6.03 Å². The van der Waals surface area contributed by atoms with Gasteiger partial charge in [-0.1, -0.05) is 0 Å². The van der Waals surface area contributed by atoms with Crippen LogP contribution in [0.5, 0.6) is 11.5 Å². The topological polar surface area (TPSA) is 88.9 Å². The number of fused-ring (bicyclic) bond motifs is 1. The van der Waals surface area contributed by atoms with E-state index in [0.717, 1.165) is 5.52 Å². The third-order valence-corrected chi connectivity index (χ3v) is 4.95. The zero-order valence-electron chi connectivity index (χ0n) is 18.6. The molecule has 1 aromatic heterocycles. The zero-order chi connectivity index (χ0) is 22.7. The Labute approximate surface area is 181 Å². The summed E-state index contributed by atoms with van der Waals surface area (Å²) in [7, 11) is 10.1. The van der Waals surface area contributed by atoms with Crippen LogP contribution in [-0.2, 0) is 13.6 Å². The second-order valence-corrected chi connectivity index (χ2v) is 7.38. The molecule has 0 bridgehead atoms. The molecule has 0 fully saturated rings. The molecule has 3 amide bonds. The SMILES string of the molecule is COc1cc(NC(=O)N(C)Cc2nc3cc(C(=O)N(C)C)ccc3n2C)cc(OC)c1. The van der Waals surface area contributed by atoms with Crippen molar-refractivity contribution in [2.24, 2.45) is 7.05 Å². The van der Waals surface area contributed by atoms with Gasteiger partial charge in [0.05, 0.1) is 31.8 Å². The van der Waals surface area contributed by atoms with E-state index in [4.69, 9.17) is 9.47 Å². The molecular formula is C22H27N5O4. The highest BCUT2D eigenvalue weighted by Gasteiger charge is 2.17. The van der Waals surface area contributed by atoms with Crippen LogP contribution in [-0.4, -0.2) is 66.7 Å². The van der Waals surface area contributed by atoms with Gasteiger partial charge in [0.25, 0.3) is 5.91 Å². The Hall–Kier alpha value is -3.75. The Bertz CT molecular complexity index is 1100. The second-order valence-electron chi connectivity index (χ2n) is 7.38. The van der Waals surface area contributed by atoms with Gasteiger partial charge in [-0.2, -0.15) is 0 Å². The highest BCUT2D eigenvalue weighted by atomic mass is 16.5. The molecule has 0 aliphatic carbocycles. The van der Waals surface area contributed by atoms with Gasteiger partial charge < -0.3 is 29.2 Å². The van der Waals surface area contributed by atoms with Crippen LogP contribution in [0.25, 0.3) is 11.0 Å². The van der Waals surface area contributed by atoms with Crippen LogP contribution in [0.2, 0.25) is 0 Å². The Morgan fingerprint density at radius 3 is 2.26 bits per heavy atom. The average Bonchev–Trinajstić information content (AvgIpc) is 3.07. The number of methoxy groups -OCH3 is 2. The largest absolute Gasteiger partial charge is 0.497 e. The lowest BCUT2D eigenvalue weighted by Crippen LogP contribution is -2.31. The molecule has 0 saturated carbocycles. The van der Waals surface area contributed by atoms with E-state index in [9.17, 15) is 9.59 Å². The van der Waals surface area contributed by atoms with Crippen molar-refractivity contribution in [3.05, 3.63) is 47.8 Å². The van der Waals surface area contributed by atoms with Crippen LogP contribution in [0.4, 0.5) is 10.5 Å². The third kappa shape index (κ3) is 4.71. The first-order valence-corrected chi connectivity index (χ1v) is 9.65. The van der Waals surface area contributed by atoms with Gasteiger partial charge in [0.2, 0.25) is 0 Å². The van der Waals surface area contributed by atoms with Gasteiger partial charge in [-0.25, -0.2) is 9.78 Å². The van der Waals surface area contributed by atoms with Crippen molar-refractivity contribution >= 4 is 28.7 Å². The fourth-order valence-corrected chi connectivity index (χ4v) is 3.16. The van der Waals surface area contributed by atoms with Crippen LogP contribution >= 0.6 is 0 Å². The van der Waals surface area contributed by atoms with Crippen molar-refractivity contribution in [1.29, 1.82) is 0 Å². The number of hydrogen-bond acceptors (Lipinski definition) is 5. The minimum Gasteiger partial charge on any atom is -0.497 e. The number of aryl methyl sites for hydroxylation is 1. The normalized spacial score (nSPS) is 10.6. The lowest BCUT2D eigenvalue weighted by molar-refractivity contribution is 0.0827. The number of carbonyl (C=O) groups excluding carboxylic acids is 2. The first-order valence-electron chi connectivity index (χ1n) is 9.65. The molecule has 1 heterocycles. The molecule has 3 rings (SSSR count). The highest BCUT2D eigenvalue weighted by Crippen LogP contribution is 2.26. The molecule has 164 valence electrons. The molecule has 31 heavy (non-hydrogen) atoms. The van der Waals surface area contributed by atoms with Crippen molar-refractivity contribution < 1.29 is 19.1 Å². The average molecular weight is 425 g/mol. The van der Waals surface area contributed by atoms with Gasteiger partial charge in [0, 0.05) is 57.6 Å². The molecule has 0 aliphatic heterocycles. The summed E-state index contributed by atoms with van der Waals surface area (Å²) in [6, 6.07) is 10.3. The smallest absolute Gasteiger partial charge is 0.321 e. The van der Waals surface area contributed by atoms with Crippen molar-refractivity contribution in [2.75, 3.05) is 40.7 Å². The second kappa shape index (κ2) is 8.95. The Morgan fingerprint density at radius 1 is 1.03 bits per heavy atom. The van der Waals surface area contributed by atoms with Crippen molar-refractivity contribution in [1.82, 2.24) is 19.4 Å². The minimum absolute atomic E-state index is 0.0840. The maximum Gasteiger partial charge on any atom is 0.321 e.